The van der Waals surface area contributed by atoms with Gasteiger partial charge in [0.15, 0.2) is 0 Å². The molecule has 0 saturated carbocycles. The number of halogens is 1. The van der Waals surface area contributed by atoms with Crippen LogP contribution in [0.4, 0.5) is 5.69 Å². The Kier molecular flexibility index (Phi) is 10.5. The average Bonchev–Trinajstić information content (AvgIpc) is 2.92. The standard InChI is InChI=1S/C29H34BrN3O5S/c1-5-31-29(35)22(4)32(19-23-9-11-24(30)12-10-23)28(34)20-33(25-13-7-21(3)8-14-25)39(36,37)27-17-15-26(16-18-27)38-6-2/h7-18,22H,5-6,19-20H2,1-4H3,(H,31,35)/t22-/m0/s1. The number of hydrogen-bond donors (Lipinski definition) is 1. The van der Waals surface area contributed by atoms with Crippen LogP contribution in [-0.2, 0) is 26.2 Å². The highest BCUT2D eigenvalue weighted by molar-refractivity contribution is 9.10. The molecule has 1 atom stereocenters. The van der Waals surface area contributed by atoms with Crippen molar-refractivity contribution in [2.24, 2.45) is 0 Å². The number of nitrogens with one attached hydrogen (secondary N) is 1. The van der Waals surface area contributed by atoms with E-state index < -0.39 is 28.5 Å². The summed E-state index contributed by atoms with van der Waals surface area (Å²) >= 11 is 3.41. The Balaban J connectivity index is 2.00. The number of benzene rings is 3. The minimum atomic E-state index is -4.14. The first-order chi connectivity index (χ1) is 18.6. The molecular weight excluding hydrogens is 582 g/mol. The molecule has 3 aromatic rings. The molecule has 0 aliphatic carbocycles. The van der Waals surface area contributed by atoms with E-state index in [1.807, 2.05) is 38.1 Å². The van der Waals surface area contributed by atoms with Crippen molar-refractivity contribution in [3.63, 3.8) is 0 Å². The van der Waals surface area contributed by atoms with Crippen LogP contribution < -0.4 is 14.4 Å². The summed E-state index contributed by atoms with van der Waals surface area (Å²) in [6, 6.07) is 19.6. The van der Waals surface area contributed by atoms with Crippen molar-refractivity contribution < 1.29 is 22.7 Å². The van der Waals surface area contributed by atoms with Gasteiger partial charge >= 0.3 is 0 Å². The van der Waals surface area contributed by atoms with Crippen molar-refractivity contribution in [1.82, 2.24) is 10.2 Å². The molecule has 2 amide bonds. The van der Waals surface area contributed by atoms with Gasteiger partial charge in [-0.25, -0.2) is 8.42 Å². The maximum absolute atomic E-state index is 13.9. The van der Waals surface area contributed by atoms with Gasteiger partial charge in [0.1, 0.15) is 18.3 Å². The summed E-state index contributed by atoms with van der Waals surface area (Å²) < 4.78 is 35.2. The number of rotatable bonds is 12. The lowest BCUT2D eigenvalue weighted by Crippen LogP contribution is -2.51. The van der Waals surface area contributed by atoms with E-state index in [1.54, 1.807) is 50.2 Å². The predicted octanol–water partition coefficient (Wildman–Crippen LogP) is 4.90. The zero-order valence-corrected chi connectivity index (χ0v) is 25.0. The molecule has 0 aliphatic heterocycles. The van der Waals surface area contributed by atoms with Gasteiger partial charge in [-0.05, 0) is 81.8 Å². The second kappa shape index (κ2) is 13.6. The summed E-state index contributed by atoms with van der Waals surface area (Å²) in [5.41, 5.74) is 2.10. The Morgan fingerprint density at radius 1 is 0.949 bits per heavy atom. The largest absolute Gasteiger partial charge is 0.494 e. The van der Waals surface area contributed by atoms with E-state index >= 15 is 0 Å². The molecule has 39 heavy (non-hydrogen) atoms. The zero-order valence-electron chi connectivity index (χ0n) is 22.6. The van der Waals surface area contributed by atoms with Crippen LogP contribution in [0.2, 0.25) is 0 Å². The minimum Gasteiger partial charge on any atom is -0.494 e. The highest BCUT2D eigenvalue weighted by Gasteiger charge is 2.32. The molecule has 0 spiro atoms. The van der Waals surface area contributed by atoms with Gasteiger partial charge in [0, 0.05) is 17.6 Å². The molecule has 0 unspecified atom stereocenters. The van der Waals surface area contributed by atoms with Crippen LogP contribution in [0.25, 0.3) is 0 Å². The molecular formula is C29H34BrN3O5S. The molecule has 8 nitrogen and oxygen atoms in total. The lowest BCUT2D eigenvalue weighted by Gasteiger charge is -2.32. The van der Waals surface area contributed by atoms with Gasteiger partial charge in [-0.2, -0.15) is 0 Å². The molecule has 0 aromatic heterocycles. The van der Waals surface area contributed by atoms with E-state index in [1.165, 1.54) is 17.0 Å². The van der Waals surface area contributed by atoms with Gasteiger partial charge in [-0.3, -0.25) is 13.9 Å². The fourth-order valence-corrected chi connectivity index (χ4v) is 5.61. The third kappa shape index (κ3) is 7.83. The van der Waals surface area contributed by atoms with Gasteiger partial charge in [0.25, 0.3) is 10.0 Å². The Morgan fingerprint density at radius 2 is 1.56 bits per heavy atom. The molecule has 0 fully saturated rings. The second-order valence-electron chi connectivity index (χ2n) is 8.97. The van der Waals surface area contributed by atoms with E-state index in [9.17, 15) is 18.0 Å². The first-order valence-corrected chi connectivity index (χ1v) is 14.9. The van der Waals surface area contributed by atoms with Crippen LogP contribution in [-0.4, -0.2) is 50.9 Å². The third-order valence-corrected chi connectivity index (χ3v) is 8.42. The number of ether oxygens (including phenoxy) is 1. The van der Waals surface area contributed by atoms with E-state index in [0.717, 1.165) is 19.9 Å². The third-order valence-electron chi connectivity index (χ3n) is 6.11. The Morgan fingerprint density at radius 3 is 2.13 bits per heavy atom. The predicted molar refractivity (Wildman–Crippen MR) is 156 cm³/mol. The van der Waals surface area contributed by atoms with Crippen molar-refractivity contribution in [3.05, 3.63) is 88.4 Å². The number of carbonyl (C=O) groups excluding carboxylic acids is 2. The number of carbonyl (C=O) groups is 2. The lowest BCUT2D eigenvalue weighted by atomic mass is 10.1. The van der Waals surface area contributed by atoms with E-state index in [-0.39, 0.29) is 17.3 Å². The number of amides is 2. The summed E-state index contributed by atoms with van der Waals surface area (Å²) in [5, 5.41) is 2.75. The van der Waals surface area contributed by atoms with Gasteiger partial charge in [-0.1, -0.05) is 45.8 Å². The van der Waals surface area contributed by atoms with Crippen LogP contribution >= 0.6 is 15.9 Å². The van der Waals surface area contributed by atoms with Crippen molar-refractivity contribution in [2.75, 3.05) is 24.0 Å². The van der Waals surface area contributed by atoms with Gasteiger partial charge < -0.3 is 15.0 Å². The highest BCUT2D eigenvalue weighted by atomic mass is 79.9. The van der Waals surface area contributed by atoms with Crippen molar-refractivity contribution in [3.8, 4) is 5.75 Å². The number of sulfonamides is 1. The topological polar surface area (TPSA) is 96.0 Å². The molecule has 0 heterocycles. The molecule has 3 rings (SSSR count). The number of anilines is 1. The summed E-state index contributed by atoms with van der Waals surface area (Å²) in [5.74, 6) is -0.281. The smallest absolute Gasteiger partial charge is 0.264 e. The molecule has 0 radical (unpaired) electrons. The van der Waals surface area contributed by atoms with Crippen LogP contribution in [0.5, 0.6) is 5.75 Å². The van der Waals surface area contributed by atoms with Crippen LogP contribution in [0.1, 0.15) is 31.9 Å². The monoisotopic (exact) mass is 615 g/mol. The second-order valence-corrected chi connectivity index (χ2v) is 11.7. The number of likely N-dealkylation sites (N-methyl/N-ethyl adjacent to an activating group) is 1. The number of nitrogens with zero attached hydrogens (tertiary/aromatic N) is 2. The summed E-state index contributed by atoms with van der Waals surface area (Å²) in [6.07, 6.45) is 0. The number of aryl methyl sites for hydroxylation is 1. The summed E-state index contributed by atoms with van der Waals surface area (Å²) in [7, 11) is -4.14. The molecule has 0 aliphatic rings. The molecule has 208 valence electrons. The minimum absolute atomic E-state index is 0.0237. The first kappa shape index (κ1) is 30.2. The van der Waals surface area contributed by atoms with Crippen molar-refractivity contribution >= 4 is 43.5 Å². The summed E-state index contributed by atoms with van der Waals surface area (Å²) in [4.78, 5) is 28.0. The quantitative estimate of drug-likeness (QED) is 0.312. The van der Waals surface area contributed by atoms with Gasteiger partial charge in [0.2, 0.25) is 11.8 Å². The molecule has 0 bridgehead atoms. The highest BCUT2D eigenvalue weighted by Crippen LogP contribution is 2.26. The molecule has 1 N–H and O–H groups in total. The van der Waals surface area contributed by atoms with Crippen LogP contribution in [0.3, 0.4) is 0 Å². The fraction of sp³-hybridized carbons (Fsp3) is 0.310. The molecule has 0 saturated heterocycles. The molecule has 10 heteroatoms. The van der Waals surface area contributed by atoms with Gasteiger partial charge in [0.05, 0.1) is 17.2 Å². The first-order valence-electron chi connectivity index (χ1n) is 12.7. The Hall–Kier alpha value is -3.37. The van der Waals surface area contributed by atoms with Crippen LogP contribution in [0, 0.1) is 6.92 Å². The maximum atomic E-state index is 13.9. The average molecular weight is 617 g/mol. The SMILES string of the molecule is CCNC(=O)[C@H](C)N(Cc1ccc(Br)cc1)C(=O)CN(c1ccc(C)cc1)S(=O)(=O)c1ccc(OCC)cc1. The Bertz CT molecular complexity index is 1360. The fourth-order valence-electron chi connectivity index (χ4n) is 3.93. The Labute approximate surface area is 239 Å². The van der Waals surface area contributed by atoms with Crippen LogP contribution in [0.15, 0.2) is 82.2 Å². The normalized spacial score (nSPS) is 11.9. The maximum Gasteiger partial charge on any atom is 0.264 e. The zero-order chi connectivity index (χ0) is 28.6. The van der Waals surface area contributed by atoms with E-state index in [4.69, 9.17) is 4.74 Å². The summed E-state index contributed by atoms with van der Waals surface area (Å²) in [6.45, 7) is 7.69. The van der Waals surface area contributed by atoms with Gasteiger partial charge in [-0.15, -0.1) is 0 Å². The van der Waals surface area contributed by atoms with E-state index in [0.29, 0.717) is 24.6 Å². The van der Waals surface area contributed by atoms with Crippen molar-refractivity contribution in [2.45, 2.75) is 45.2 Å². The van der Waals surface area contributed by atoms with Crippen molar-refractivity contribution in [1.29, 1.82) is 0 Å². The number of hydrogen-bond acceptors (Lipinski definition) is 5. The molecule has 3 aromatic carbocycles. The van der Waals surface area contributed by atoms with E-state index in [2.05, 4.69) is 21.2 Å². The lowest BCUT2D eigenvalue weighted by molar-refractivity contribution is -0.139.